The Morgan fingerprint density at radius 2 is 2.05 bits per heavy atom. The summed E-state index contributed by atoms with van der Waals surface area (Å²) in [5.74, 6) is -0.00696. The van der Waals surface area contributed by atoms with Gasteiger partial charge in [0, 0.05) is 24.0 Å². The molecule has 0 aromatic heterocycles. The van der Waals surface area contributed by atoms with Crippen LogP contribution in [0.4, 0.5) is 0 Å². The van der Waals surface area contributed by atoms with E-state index in [1.165, 1.54) is 0 Å². The lowest BCUT2D eigenvalue weighted by Gasteiger charge is -2.31. The zero-order valence-electron chi connectivity index (χ0n) is 11.8. The quantitative estimate of drug-likeness (QED) is 0.901. The largest absolute Gasteiger partial charge is 0.497 e. The lowest BCUT2D eigenvalue weighted by molar-refractivity contribution is -0.138. The number of carbonyl (C=O) groups is 2. The van der Waals surface area contributed by atoms with Crippen molar-refractivity contribution in [1.82, 2.24) is 4.90 Å². The van der Waals surface area contributed by atoms with E-state index in [1.807, 2.05) is 0 Å². The average molecular weight is 356 g/mol. The fraction of sp³-hybridized carbons (Fsp3) is 0.467. The lowest BCUT2D eigenvalue weighted by atomic mass is 9.93. The molecule has 0 radical (unpaired) electrons. The molecule has 1 aromatic rings. The van der Waals surface area contributed by atoms with Crippen LogP contribution in [0.2, 0.25) is 0 Å². The molecule has 21 heavy (non-hydrogen) atoms. The summed E-state index contributed by atoms with van der Waals surface area (Å²) in [5, 5.41) is 8.81. The molecule has 0 spiro atoms. The molecule has 1 heterocycles. The van der Waals surface area contributed by atoms with Gasteiger partial charge < -0.3 is 14.7 Å². The molecule has 0 bridgehead atoms. The minimum Gasteiger partial charge on any atom is -0.497 e. The summed E-state index contributed by atoms with van der Waals surface area (Å²) in [5.41, 5.74) is 0.575. The van der Waals surface area contributed by atoms with Gasteiger partial charge in [0.15, 0.2) is 0 Å². The number of ether oxygens (including phenoxy) is 1. The molecule has 1 aliphatic rings. The molecule has 0 atom stereocenters. The van der Waals surface area contributed by atoms with Crippen LogP contribution in [0.3, 0.4) is 0 Å². The van der Waals surface area contributed by atoms with Crippen molar-refractivity contribution in [3.8, 4) is 5.75 Å². The Balaban J connectivity index is 2.03. The van der Waals surface area contributed by atoms with Gasteiger partial charge in [0.25, 0.3) is 5.91 Å². The van der Waals surface area contributed by atoms with Crippen molar-refractivity contribution < 1.29 is 19.4 Å². The molecular weight excluding hydrogens is 338 g/mol. The highest BCUT2D eigenvalue weighted by Crippen LogP contribution is 2.26. The molecule has 114 valence electrons. The van der Waals surface area contributed by atoms with E-state index < -0.39 is 5.97 Å². The molecule has 0 aliphatic carbocycles. The van der Waals surface area contributed by atoms with Crippen molar-refractivity contribution in [2.45, 2.75) is 19.3 Å². The minimum absolute atomic E-state index is 0.0467. The Hall–Kier alpha value is -1.56. The first-order chi connectivity index (χ1) is 10.0. The van der Waals surface area contributed by atoms with Gasteiger partial charge in [-0.3, -0.25) is 9.59 Å². The van der Waals surface area contributed by atoms with Gasteiger partial charge in [-0.05, 0) is 52.9 Å². The topological polar surface area (TPSA) is 66.8 Å². The molecule has 1 N–H and O–H groups in total. The standard InChI is InChI=1S/C15H18BrNO4/c1-21-11-2-3-13(16)12(9-11)15(20)17-6-4-10(5-7-17)8-14(18)19/h2-3,9-10H,4-8H2,1H3,(H,18,19). The zero-order valence-corrected chi connectivity index (χ0v) is 13.4. The van der Waals surface area contributed by atoms with Gasteiger partial charge >= 0.3 is 5.97 Å². The Kier molecular flexibility index (Phi) is 5.22. The SMILES string of the molecule is COc1ccc(Br)c(C(=O)N2CCC(CC(=O)O)CC2)c1. The van der Waals surface area contributed by atoms with Crippen LogP contribution in [0, 0.1) is 5.92 Å². The van der Waals surface area contributed by atoms with Crippen molar-refractivity contribution in [3.63, 3.8) is 0 Å². The number of benzene rings is 1. The van der Waals surface area contributed by atoms with Crippen LogP contribution in [0.15, 0.2) is 22.7 Å². The van der Waals surface area contributed by atoms with E-state index in [0.717, 1.165) is 17.3 Å². The van der Waals surface area contributed by atoms with Crippen LogP contribution in [0.5, 0.6) is 5.75 Å². The van der Waals surface area contributed by atoms with E-state index >= 15 is 0 Å². The third kappa shape index (κ3) is 3.97. The number of halogens is 1. The number of methoxy groups -OCH3 is 1. The predicted octanol–water partition coefficient (Wildman–Crippen LogP) is 2.78. The molecule has 5 nitrogen and oxygen atoms in total. The van der Waals surface area contributed by atoms with Crippen molar-refractivity contribution in [2.24, 2.45) is 5.92 Å². The number of aliphatic carboxylic acids is 1. The fourth-order valence-corrected chi connectivity index (χ4v) is 2.97. The maximum atomic E-state index is 12.5. The third-order valence-corrected chi connectivity index (χ3v) is 4.46. The van der Waals surface area contributed by atoms with E-state index in [9.17, 15) is 9.59 Å². The highest BCUT2D eigenvalue weighted by atomic mass is 79.9. The summed E-state index contributed by atoms with van der Waals surface area (Å²) >= 11 is 3.39. The Bertz CT molecular complexity index is 538. The molecule has 1 amide bonds. The Morgan fingerprint density at radius 3 is 2.62 bits per heavy atom. The Morgan fingerprint density at radius 1 is 1.38 bits per heavy atom. The highest BCUT2D eigenvalue weighted by molar-refractivity contribution is 9.10. The first kappa shape index (κ1) is 15.8. The number of likely N-dealkylation sites (tertiary alicyclic amines) is 1. The predicted molar refractivity (Wildman–Crippen MR) is 81.6 cm³/mol. The number of amides is 1. The molecule has 0 unspecified atom stereocenters. The highest BCUT2D eigenvalue weighted by Gasteiger charge is 2.26. The average Bonchev–Trinajstić information content (AvgIpc) is 2.47. The monoisotopic (exact) mass is 355 g/mol. The number of rotatable bonds is 4. The smallest absolute Gasteiger partial charge is 0.303 e. The van der Waals surface area contributed by atoms with E-state index in [-0.39, 0.29) is 18.2 Å². The van der Waals surface area contributed by atoms with E-state index in [1.54, 1.807) is 30.2 Å². The summed E-state index contributed by atoms with van der Waals surface area (Å²) in [7, 11) is 1.56. The van der Waals surface area contributed by atoms with Gasteiger partial charge in [-0.1, -0.05) is 0 Å². The molecule has 0 saturated carbocycles. The molecule has 1 aliphatic heterocycles. The second-order valence-electron chi connectivity index (χ2n) is 5.18. The summed E-state index contributed by atoms with van der Waals surface area (Å²) in [6.07, 6.45) is 1.66. The lowest BCUT2D eigenvalue weighted by Crippen LogP contribution is -2.39. The maximum Gasteiger partial charge on any atom is 0.303 e. The van der Waals surface area contributed by atoms with Crippen molar-refractivity contribution in [3.05, 3.63) is 28.2 Å². The zero-order chi connectivity index (χ0) is 15.4. The van der Waals surface area contributed by atoms with Gasteiger partial charge in [-0.25, -0.2) is 0 Å². The third-order valence-electron chi connectivity index (χ3n) is 3.77. The number of carbonyl (C=O) groups excluding carboxylic acids is 1. The van der Waals surface area contributed by atoms with Crippen LogP contribution >= 0.6 is 15.9 Å². The number of carboxylic acids is 1. The van der Waals surface area contributed by atoms with Gasteiger partial charge in [0.05, 0.1) is 12.7 Å². The van der Waals surface area contributed by atoms with Gasteiger partial charge in [-0.2, -0.15) is 0 Å². The maximum absolute atomic E-state index is 12.5. The first-order valence-electron chi connectivity index (χ1n) is 6.86. The van der Waals surface area contributed by atoms with Gasteiger partial charge in [0.1, 0.15) is 5.75 Å². The van der Waals surface area contributed by atoms with Crippen LogP contribution in [0.25, 0.3) is 0 Å². The van der Waals surface area contributed by atoms with Crippen LogP contribution in [-0.2, 0) is 4.79 Å². The number of piperidine rings is 1. The fourth-order valence-electron chi connectivity index (χ4n) is 2.55. The van der Waals surface area contributed by atoms with Crippen molar-refractivity contribution in [1.29, 1.82) is 0 Å². The van der Waals surface area contributed by atoms with E-state index in [0.29, 0.717) is 24.4 Å². The second-order valence-corrected chi connectivity index (χ2v) is 6.03. The van der Waals surface area contributed by atoms with E-state index in [2.05, 4.69) is 15.9 Å². The second kappa shape index (κ2) is 6.93. The summed E-state index contributed by atoms with van der Waals surface area (Å²) in [4.78, 5) is 25.0. The Labute approximate surface area is 132 Å². The van der Waals surface area contributed by atoms with Crippen molar-refractivity contribution in [2.75, 3.05) is 20.2 Å². The van der Waals surface area contributed by atoms with Crippen LogP contribution in [0.1, 0.15) is 29.6 Å². The number of hydrogen-bond acceptors (Lipinski definition) is 3. The number of hydrogen-bond donors (Lipinski definition) is 1. The van der Waals surface area contributed by atoms with Gasteiger partial charge in [0.2, 0.25) is 0 Å². The molecule has 2 rings (SSSR count). The number of nitrogens with zero attached hydrogens (tertiary/aromatic N) is 1. The molecular formula is C15H18BrNO4. The summed E-state index contributed by atoms with van der Waals surface area (Å²) in [6.45, 7) is 1.20. The van der Waals surface area contributed by atoms with Gasteiger partial charge in [-0.15, -0.1) is 0 Å². The van der Waals surface area contributed by atoms with Crippen molar-refractivity contribution >= 4 is 27.8 Å². The molecule has 1 saturated heterocycles. The van der Waals surface area contributed by atoms with Crippen LogP contribution < -0.4 is 4.74 Å². The van der Waals surface area contributed by atoms with Crippen LogP contribution in [-0.4, -0.2) is 42.1 Å². The molecule has 6 heteroatoms. The number of carboxylic acid groups (broad SMARTS) is 1. The minimum atomic E-state index is -0.768. The van der Waals surface area contributed by atoms with E-state index in [4.69, 9.17) is 9.84 Å². The molecule has 1 aromatic carbocycles. The summed E-state index contributed by atoms with van der Waals surface area (Å²) < 4.78 is 5.89. The summed E-state index contributed by atoms with van der Waals surface area (Å²) in [6, 6.07) is 5.30. The first-order valence-corrected chi connectivity index (χ1v) is 7.65. The normalized spacial score (nSPS) is 15.8. The molecule has 1 fully saturated rings.